The molecule has 0 radical (unpaired) electrons. The topological polar surface area (TPSA) is 145 Å². The van der Waals surface area contributed by atoms with E-state index in [4.69, 9.17) is 30.8 Å². The Kier molecular flexibility index (Phi) is 9.16. The summed E-state index contributed by atoms with van der Waals surface area (Å²) in [5.41, 5.74) is 1.98. The number of ketones is 2. The lowest BCUT2D eigenvalue weighted by Crippen LogP contribution is -2.25. The van der Waals surface area contributed by atoms with E-state index in [2.05, 4.69) is 10.6 Å². The van der Waals surface area contributed by atoms with E-state index in [0.717, 1.165) is 0 Å². The van der Waals surface area contributed by atoms with E-state index in [-0.39, 0.29) is 58.8 Å². The standard InChI is InChI=1S/C30H24Cl2N2O8S2/c31-43(37,38)21-9-5-19(6-10-21)41-17-15-33-25-13-14-26(28-27(25)29(35)23-3-1-2-4-24(23)30(28)36)34-16-18-42-20-7-11-22(12-8-20)44(32,39)40/h1-14,33-34H,15-18H2. The van der Waals surface area contributed by atoms with E-state index in [1.54, 1.807) is 36.4 Å². The Bertz CT molecular complexity index is 1810. The van der Waals surface area contributed by atoms with Gasteiger partial charge in [0.2, 0.25) is 0 Å². The molecule has 5 rings (SSSR count). The largest absolute Gasteiger partial charge is 0.492 e. The summed E-state index contributed by atoms with van der Waals surface area (Å²) in [6, 6.07) is 21.3. The maximum absolute atomic E-state index is 13.6. The molecule has 4 aromatic carbocycles. The highest BCUT2D eigenvalue weighted by molar-refractivity contribution is 8.14. The van der Waals surface area contributed by atoms with Gasteiger partial charge in [0.25, 0.3) is 18.1 Å². The number of fused-ring (bicyclic) bond motifs is 2. The van der Waals surface area contributed by atoms with Gasteiger partial charge in [-0.1, -0.05) is 24.3 Å². The number of carbonyl (C=O) groups is 2. The van der Waals surface area contributed by atoms with Gasteiger partial charge in [-0.15, -0.1) is 0 Å². The highest BCUT2D eigenvalue weighted by atomic mass is 35.7. The normalized spacial score (nSPS) is 12.7. The maximum atomic E-state index is 13.6. The lowest BCUT2D eigenvalue weighted by molar-refractivity contribution is 0.0980. The first-order valence-electron chi connectivity index (χ1n) is 13.1. The summed E-state index contributed by atoms with van der Waals surface area (Å²) < 4.78 is 57.1. The molecule has 0 saturated carbocycles. The zero-order valence-electron chi connectivity index (χ0n) is 22.7. The van der Waals surface area contributed by atoms with Gasteiger partial charge in [0.15, 0.2) is 11.6 Å². The molecule has 0 bridgehead atoms. The first kappa shape index (κ1) is 31.3. The van der Waals surface area contributed by atoms with Crippen LogP contribution in [0.3, 0.4) is 0 Å². The van der Waals surface area contributed by atoms with Gasteiger partial charge in [0.05, 0.1) is 20.9 Å². The van der Waals surface area contributed by atoms with Crippen molar-refractivity contribution in [2.75, 3.05) is 36.9 Å². The summed E-state index contributed by atoms with van der Waals surface area (Å²) in [7, 11) is 3.01. The number of hydrogen-bond acceptors (Lipinski definition) is 10. The first-order chi connectivity index (χ1) is 20.9. The minimum Gasteiger partial charge on any atom is -0.492 e. The zero-order chi connectivity index (χ0) is 31.5. The predicted octanol–water partition coefficient (Wildman–Crippen LogP) is 5.30. The Morgan fingerprint density at radius 1 is 0.545 bits per heavy atom. The van der Waals surface area contributed by atoms with Crippen LogP contribution in [0.5, 0.6) is 11.5 Å². The van der Waals surface area contributed by atoms with Gasteiger partial charge in [-0.05, 0) is 60.7 Å². The van der Waals surface area contributed by atoms with E-state index in [0.29, 0.717) is 34.0 Å². The van der Waals surface area contributed by atoms with Crippen LogP contribution in [-0.2, 0) is 18.1 Å². The minimum atomic E-state index is -3.84. The summed E-state index contributed by atoms with van der Waals surface area (Å²) in [5.74, 6) is 0.260. The maximum Gasteiger partial charge on any atom is 0.261 e. The molecule has 228 valence electrons. The lowest BCUT2D eigenvalue weighted by Gasteiger charge is -2.24. The Morgan fingerprint density at radius 2 is 0.909 bits per heavy atom. The number of rotatable bonds is 12. The molecule has 0 spiro atoms. The van der Waals surface area contributed by atoms with Crippen LogP contribution in [0.15, 0.2) is 94.7 Å². The summed E-state index contributed by atoms with van der Waals surface area (Å²) in [4.78, 5) is 27.2. The molecule has 2 N–H and O–H groups in total. The fourth-order valence-corrected chi connectivity index (χ4v) is 6.16. The van der Waals surface area contributed by atoms with Gasteiger partial charge in [-0.3, -0.25) is 9.59 Å². The quantitative estimate of drug-likeness (QED) is 0.132. The van der Waals surface area contributed by atoms with Crippen molar-refractivity contribution in [3.63, 3.8) is 0 Å². The Morgan fingerprint density at radius 3 is 1.25 bits per heavy atom. The average molecular weight is 676 g/mol. The highest BCUT2D eigenvalue weighted by Gasteiger charge is 2.33. The third kappa shape index (κ3) is 6.99. The second-order valence-corrected chi connectivity index (χ2v) is 14.6. The fourth-order valence-electron chi connectivity index (χ4n) is 4.62. The number of carbonyl (C=O) groups excluding carboxylic acids is 2. The molecule has 4 aromatic rings. The van der Waals surface area contributed by atoms with Crippen molar-refractivity contribution in [2.45, 2.75) is 9.79 Å². The summed E-state index contributed by atoms with van der Waals surface area (Å²) in [6.45, 7) is 0.899. The summed E-state index contributed by atoms with van der Waals surface area (Å²) >= 11 is 0. The average Bonchev–Trinajstić information content (AvgIpc) is 3.00. The predicted molar refractivity (Wildman–Crippen MR) is 167 cm³/mol. The fraction of sp³-hybridized carbons (Fsp3) is 0.133. The van der Waals surface area contributed by atoms with Crippen molar-refractivity contribution in [1.82, 2.24) is 0 Å². The lowest BCUT2D eigenvalue weighted by atomic mass is 9.82. The SMILES string of the molecule is O=C1c2ccccc2C(=O)c2c(NCCOc3ccc(S(=O)(=O)Cl)cc3)ccc(NCCOc3ccc(S(=O)(=O)Cl)cc3)c21. The number of benzene rings is 4. The van der Waals surface area contributed by atoms with E-state index in [1.165, 1.54) is 48.5 Å². The van der Waals surface area contributed by atoms with E-state index in [1.807, 2.05) is 0 Å². The Labute approximate surface area is 262 Å². The van der Waals surface area contributed by atoms with Crippen molar-refractivity contribution >= 4 is 62.4 Å². The van der Waals surface area contributed by atoms with E-state index in [9.17, 15) is 26.4 Å². The number of hydrogen-bond donors (Lipinski definition) is 2. The van der Waals surface area contributed by atoms with Gasteiger partial charge in [0, 0.05) is 57.0 Å². The van der Waals surface area contributed by atoms with Crippen molar-refractivity contribution in [2.24, 2.45) is 0 Å². The number of nitrogens with one attached hydrogen (secondary N) is 2. The van der Waals surface area contributed by atoms with Crippen molar-refractivity contribution in [3.8, 4) is 11.5 Å². The molecule has 0 heterocycles. The van der Waals surface area contributed by atoms with Gasteiger partial charge in [0.1, 0.15) is 24.7 Å². The van der Waals surface area contributed by atoms with Crippen LogP contribution < -0.4 is 20.1 Å². The summed E-state index contributed by atoms with van der Waals surface area (Å²) in [5, 5.41) is 6.34. The molecule has 10 nitrogen and oxygen atoms in total. The Hall–Kier alpha value is -4.10. The second-order valence-electron chi connectivity index (χ2n) is 9.48. The third-order valence-corrected chi connectivity index (χ3v) is 9.40. The molecule has 0 unspecified atom stereocenters. The smallest absolute Gasteiger partial charge is 0.261 e. The van der Waals surface area contributed by atoms with Crippen LogP contribution in [0.2, 0.25) is 0 Å². The summed E-state index contributed by atoms with van der Waals surface area (Å²) in [6.07, 6.45) is 0. The van der Waals surface area contributed by atoms with Gasteiger partial charge in [-0.2, -0.15) is 0 Å². The second kappa shape index (κ2) is 12.9. The molecule has 1 aliphatic rings. The molecule has 0 saturated heterocycles. The van der Waals surface area contributed by atoms with Crippen molar-refractivity contribution in [3.05, 3.63) is 107 Å². The highest BCUT2D eigenvalue weighted by Crippen LogP contribution is 2.36. The van der Waals surface area contributed by atoms with Crippen LogP contribution in [0.25, 0.3) is 0 Å². The Balaban J connectivity index is 1.29. The zero-order valence-corrected chi connectivity index (χ0v) is 25.9. The van der Waals surface area contributed by atoms with Gasteiger partial charge < -0.3 is 20.1 Å². The molecule has 0 atom stereocenters. The van der Waals surface area contributed by atoms with Crippen LogP contribution in [0, 0.1) is 0 Å². The van der Waals surface area contributed by atoms with Crippen molar-refractivity contribution in [1.29, 1.82) is 0 Å². The van der Waals surface area contributed by atoms with Crippen LogP contribution in [0.4, 0.5) is 11.4 Å². The molecule has 1 aliphatic carbocycles. The van der Waals surface area contributed by atoms with Crippen LogP contribution in [0.1, 0.15) is 31.8 Å². The molecule has 14 heteroatoms. The minimum absolute atomic E-state index is 0.0430. The van der Waals surface area contributed by atoms with E-state index < -0.39 is 18.1 Å². The molecular formula is C30H24Cl2N2O8S2. The number of anilines is 2. The molecule has 0 aromatic heterocycles. The monoisotopic (exact) mass is 674 g/mol. The number of ether oxygens (including phenoxy) is 2. The molecular weight excluding hydrogens is 651 g/mol. The first-order valence-corrected chi connectivity index (χ1v) is 17.7. The third-order valence-electron chi connectivity index (χ3n) is 6.66. The van der Waals surface area contributed by atoms with Gasteiger partial charge in [-0.25, -0.2) is 16.8 Å². The number of halogens is 2. The van der Waals surface area contributed by atoms with Crippen molar-refractivity contribution < 1.29 is 35.9 Å². The van der Waals surface area contributed by atoms with Gasteiger partial charge >= 0.3 is 0 Å². The molecule has 0 fully saturated rings. The molecule has 0 aliphatic heterocycles. The molecule has 0 amide bonds. The van der Waals surface area contributed by atoms with E-state index >= 15 is 0 Å². The molecule has 44 heavy (non-hydrogen) atoms. The van der Waals surface area contributed by atoms with Crippen LogP contribution >= 0.6 is 21.4 Å². The van der Waals surface area contributed by atoms with Crippen LogP contribution in [-0.4, -0.2) is 54.7 Å².